The van der Waals surface area contributed by atoms with Gasteiger partial charge in [0, 0.05) is 25.5 Å². The van der Waals surface area contributed by atoms with E-state index in [1.54, 1.807) is 47.4 Å². The molecule has 1 aliphatic rings. The summed E-state index contributed by atoms with van der Waals surface area (Å²) in [4.78, 5) is 12.3. The third kappa shape index (κ3) is 5.36. The van der Waals surface area contributed by atoms with Crippen molar-refractivity contribution in [1.82, 2.24) is 14.1 Å². The fraction of sp³-hybridized carbons (Fsp3) is 0.333. The van der Waals surface area contributed by atoms with Crippen LogP contribution in [-0.4, -0.2) is 68.0 Å². The summed E-state index contributed by atoms with van der Waals surface area (Å²) in [5, 5.41) is 4.08. The van der Waals surface area contributed by atoms with Crippen molar-refractivity contribution in [3.8, 4) is 5.75 Å². The van der Waals surface area contributed by atoms with Crippen LogP contribution in [0.15, 0.2) is 64.2 Å². The summed E-state index contributed by atoms with van der Waals surface area (Å²) in [7, 11) is -3.55. The van der Waals surface area contributed by atoms with Gasteiger partial charge in [-0.2, -0.15) is 9.40 Å². The molecule has 1 saturated heterocycles. The Hall–Kier alpha value is -3.15. The molecular weight excluding hydrogens is 438 g/mol. The number of aromatic nitrogens is 2. The zero-order valence-corrected chi connectivity index (χ0v) is 18.1. The quantitative estimate of drug-likeness (QED) is 0.350. The van der Waals surface area contributed by atoms with Gasteiger partial charge < -0.3 is 18.6 Å². The van der Waals surface area contributed by atoms with Gasteiger partial charge in [0.05, 0.1) is 24.7 Å². The first-order valence-electron chi connectivity index (χ1n) is 10.1. The van der Waals surface area contributed by atoms with E-state index in [0.717, 1.165) is 0 Å². The highest BCUT2D eigenvalue weighted by Crippen LogP contribution is 2.20. The first-order chi connectivity index (χ1) is 15.5. The van der Waals surface area contributed by atoms with Gasteiger partial charge in [0.25, 0.3) is 0 Å². The molecule has 0 spiro atoms. The summed E-state index contributed by atoms with van der Waals surface area (Å²) in [5.41, 5.74) is 0. The average molecular weight is 461 g/mol. The Balaban J connectivity index is 1.22. The van der Waals surface area contributed by atoms with Crippen LogP contribution in [0.4, 0.5) is 0 Å². The van der Waals surface area contributed by atoms with Gasteiger partial charge in [-0.25, -0.2) is 13.2 Å². The number of morpholine rings is 1. The number of carbonyl (C=O) groups is 1. The highest BCUT2D eigenvalue weighted by molar-refractivity contribution is 7.89. The van der Waals surface area contributed by atoms with E-state index in [-0.39, 0.29) is 23.9 Å². The van der Waals surface area contributed by atoms with Crippen molar-refractivity contribution in [3.05, 3.63) is 66.4 Å². The number of furan rings is 1. The highest BCUT2D eigenvalue weighted by atomic mass is 32.2. The SMILES string of the molecule is O=C(OCCOc1ccc(S(=O)(=O)N2CCOCC2)cc1)c1ccc(Cn2cccn2)o1. The molecule has 0 saturated carbocycles. The molecule has 0 radical (unpaired) electrons. The van der Waals surface area contributed by atoms with Crippen LogP contribution in [0.3, 0.4) is 0 Å². The van der Waals surface area contributed by atoms with E-state index in [2.05, 4.69) is 5.10 Å². The van der Waals surface area contributed by atoms with Crippen molar-refractivity contribution >= 4 is 16.0 Å². The largest absolute Gasteiger partial charge is 0.490 e. The lowest BCUT2D eigenvalue weighted by atomic mass is 10.3. The summed E-state index contributed by atoms with van der Waals surface area (Å²) in [6.45, 7) is 2.01. The van der Waals surface area contributed by atoms with Gasteiger partial charge in [-0.3, -0.25) is 4.68 Å². The Morgan fingerprint density at radius 1 is 1.06 bits per heavy atom. The molecule has 1 fully saturated rings. The normalized spacial score (nSPS) is 14.9. The van der Waals surface area contributed by atoms with Gasteiger partial charge in [-0.05, 0) is 42.5 Å². The maximum atomic E-state index is 12.6. The first-order valence-corrected chi connectivity index (χ1v) is 11.5. The molecular formula is C21H23N3O7S. The van der Waals surface area contributed by atoms with Crippen molar-refractivity contribution in [2.75, 3.05) is 39.5 Å². The number of rotatable bonds is 9. The van der Waals surface area contributed by atoms with Crippen molar-refractivity contribution in [2.45, 2.75) is 11.4 Å². The minimum atomic E-state index is -3.55. The number of ether oxygens (including phenoxy) is 3. The standard InChI is InChI=1S/C21H23N3O7S/c25-21(20-7-4-18(31-20)16-23-9-1-8-22-23)30-15-14-29-17-2-5-19(6-3-17)32(26,27)24-10-12-28-13-11-24/h1-9H,10-16H2. The number of nitrogens with zero attached hydrogens (tertiary/aromatic N) is 3. The van der Waals surface area contributed by atoms with Crippen LogP contribution in [0.25, 0.3) is 0 Å². The molecule has 1 aromatic carbocycles. The second-order valence-electron chi connectivity index (χ2n) is 6.94. The molecule has 4 rings (SSSR count). The number of sulfonamides is 1. The molecule has 0 amide bonds. The van der Waals surface area contributed by atoms with Crippen LogP contribution in [0.1, 0.15) is 16.3 Å². The van der Waals surface area contributed by atoms with Gasteiger partial charge >= 0.3 is 5.97 Å². The van der Waals surface area contributed by atoms with E-state index in [4.69, 9.17) is 18.6 Å². The molecule has 170 valence electrons. The van der Waals surface area contributed by atoms with Gasteiger partial charge in [0.1, 0.15) is 24.7 Å². The lowest BCUT2D eigenvalue weighted by Crippen LogP contribution is -2.40. The summed E-state index contributed by atoms with van der Waals surface area (Å²) in [5.74, 6) is 0.572. The zero-order chi connectivity index (χ0) is 22.4. The number of benzene rings is 1. The molecule has 2 aromatic heterocycles. The number of carbonyl (C=O) groups excluding carboxylic acids is 1. The van der Waals surface area contributed by atoms with E-state index < -0.39 is 16.0 Å². The van der Waals surface area contributed by atoms with Gasteiger partial charge in [-0.15, -0.1) is 0 Å². The lowest BCUT2D eigenvalue weighted by molar-refractivity contribution is 0.0413. The van der Waals surface area contributed by atoms with Gasteiger partial charge in [0.2, 0.25) is 15.8 Å². The van der Waals surface area contributed by atoms with Crippen molar-refractivity contribution in [3.63, 3.8) is 0 Å². The molecule has 0 aliphatic carbocycles. The molecule has 0 N–H and O–H groups in total. The van der Waals surface area contributed by atoms with Crippen LogP contribution < -0.4 is 4.74 Å². The van der Waals surface area contributed by atoms with E-state index in [1.807, 2.05) is 0 Å². The lowest BCUT2D eigenvalue weighted by Gasteiger charge is -2.26. The maximum Gasteiger partial charge on any atom is 0.374 e. The Kier molecular flexibility index (Phi) is 6.88. The molecule has 10 nitrogen and oxygen atoms in total. The Bertz CT molecular complexity index is 1120. The average Bonchev–Trinajstić information content (AvgIpc) is 3.50. The fourth-order valence-corrected chi connectivity index (χ4v) is 4.54. The second kappa shape index (κ2) is 9.98. The summed E-state index contributed by atoms with van der Waals surface area (Å²) >= 11 is 0. The summed E-state index contributed by atoms with van der Waals surface area (Å²) in [6, 6.07) is 11.2. The van der Waals surface area contributed by atoms with E-state index in [0.29, 0.717) is 44.4 Å². The Labute approximate surface area is 185 Å². The van der Waals surface area contributed by atoms with E-state index in [9.17, 15) is 13.2 Å². The van der Waals surface area contributed by atoms with Crippen LogP contribution in [0, 0.1) is 0 Å². The van der Waals surface area contributed by atoms with Crippen LogP contribution in [-0.2, 0) is 26.0 Å². The maximum absolute atomic E-state index is 12.6. The van der Waals surface area contributed by atoms with Gasteiger partial charge in [-0.1, -0.05) is 0 Å². The topological polar surface area (TPSA) is 113 Å². The van der Waals surface area contributed by atoms with Crippen molar-refractivity contribution < 1.29 is 31.8 Å². The van der Waals surface area contributed by atoms with Crippen molar-refractivity contribution in [1.29, 1.82) is 0 Å². The number of hydrogen-bond donors (Lipinski definition) is 0. The third-order valence-electron chi connectivity index (χ3n) is 4.76. The number of hydrogen-bond acceptors (Lipinski definition) is 8. The fourth-order valence-electron chi connectivity index (χ4n) is 3.14. The van der Waals surface area contributed by atoms with Crippen LogP contribution in [0.2, 0.25) is 0 Å². The molecule has 0 atom stereocenters. The first kappa shape index (κ1) is 22.1. The minimum Gasteiger partial charge on any atom is -0.490 e. The molecule has 0 unspecified atom stereocenters. The minimum absolute atomic E-state index is 0.0157. The summed E-state index contributed by atoms with van der Waals surface area (Å²) < 4.78 is 49.7. The molecule has 1 aliphatic heterocycles. The predicted molar refractivity (Wildman–Crippen MR) is 112 cm³/mol. The van der Waals surface area contributed by atoms with E-state index >= 15 is 0 Å². The van der Waals surface area contributed by atoms with E-state index in [1.165, 1.54) is 16.4 Å². The monoisotopic (exact) mass is 461 g/mol. The van der Waals surface area contributed by atoms with Crippen LogP contribution in [0.5, 0.6) is 5.75 Å². The molecule has 11 heteroatoms. The number of esters is 1. The zero-order valence-electron chi connectivity index (χ0n) is 17.3. The molecule has 3 aromatic rings. The Morgan fingerprint density at radius 2 is 1.84 bits per heavy atom. The third-order valence-corrected chi connectivity index (χ3v) is 6.67. The summed E-state index contributed by atoms with van der Waals surface area (Å²) in [6.07, 6.45) is 3.46. The molecule has 32 heavy (non-hydrogen) atoms. The van der Waals surface area contributed by atoms with Crippen LogP contribution >= 0.6 is 0 Å². The smallest absolute Gasteiger partial charge is 0.374 e. The predicted octanol–water partition coefficient (Wildman–Crippen LogP) is 1.78. The highest BCUT2D eigenvalue weighted by Gasteiger charge is 2.26. The second-order valence-corrected chi connectivity index (χ2v) is 8.88. The van der Waals surface area contributed by atoms with Crippen molar-refractivity contribution in [2.24, 2.45) is 0 Å². The van der Waals surface area contributed by atoms with Gasteiger partial charge in [0.15, 0.2) is 0 Å². The molecule has 0 bridgehead atoms. The Morgan fingerprint density at radius 3 is 2.56 bits per heavy atom. The molecule has 3 heterocycles.